The topological polar surface area (TPSA) is 55.6 Å². The van der Waals surface area contributed by atoms with E-state index >= 15 is 0 Å². The predicted octanol–water partition coefficient (Wildman–Crippen LogP) is 3.41. The summed E-state index contributed by atoms with van der Waals surface area (Å²) in [5, 5.41) is 0. The van der Waals surface area contributed by atoms with Crippen molar-refractivity contribution in [1.29, 1.82) is 0 Å². The molecule has 0 aromatic heterocycles. The van der Waals surface area contributed by atoms with Gasteiger partial charge in [0, 0.05) is 19.2 Å². The van der Waals surface area contributed by atoms with Crippen molar-refractivity contribution in [3.05, 3.63) is 65.2 Å². The van der Waals surface area contributed by atoms with E-state index in [1.165, 1.54) is 0 Å². The van der Waals surface area contributed by atoms with Crippen LogP contribution in [0.2, 0.25) is 0 Å². The molecule has 0 bridgehead atoms. The maximum absolute atomic E-state index is 12.6. The standard InChI is InChI=1S/C18H22N2O2.ClH/c1-13(15-8-10-17(22-3)11-9-15)20(2)18(21)16-6-4-14(12-19)5-7-16;/h4-11,13H,12,19H2,1-3H3;1H. The van der Waals surface area contributed by atoms with Gasteiger partial charge >= 0.3 is 0 Å². The number of carbonyl (C=O) groups excluding carboxylic acids is 1. The van der Waals surface area contributed by atoms with Gasteiger partial charge in [-0.3, -0.25) is 4.79 Å². The lowest BCUT2D eigenvalue weighted by Crippen LogP contribution is -2.29. The van der Waals surface area contributed by atoms with E-state index in [2.05, 4.69) is 0 Å². The van der Waals surface area contributed by atoms with Crippen LogP contribution in [-0.2, 0) is 6.54 Å². The molecule has 0 aliphatic rings. The van der Waals surface area contributed by atoms with E-state index in [9.17, 15) is 4.79 Å². The van der Waals surface area contributed by atoms with Crippen LogP contribution in [0.15, 0.2) is 48.5 Å². The third kappa shape index (κ3) is 4.47. The Bertz CT molecular complexity index is 626. The number of rotatable bonds is 5. The van der Waals surface area contributed by atoms with E-state index in [0.717, 1.165) is 16.9 Å². The second-order valence-corrected chi connectivity index (χ2v) is 5.27. The number of halogens is 1. The number of hydrogen-bond donors (Lipinski definition) is 1. The number of methoxy groups -OCH3 is 1. The number of nitrogens with two attached hydrogens (primary N) is 1. The Balaban J connectivity index is 0.00000264. The Morgan fingerprint density at radius 1 is 1.13 bits per heavy atom. The summed E-state index contributed by atoms with van der Waals surface area (Å²) in [5.41, 5.74) is 8.33. The van der Waals surface area contributed by atoms with Crippen LogP contribution in [0.5, 0.6) is 5.75 Å². The van der Waals surface area contributed by atoms with Gasteiger partial charge in [0.2, 0.25) is 0 Å². The van der Waals surface area contributed by atoms with E-state index in [1.807, 2.05) is 62.5 Å². The van der Waals surface area contributed by atoms with Crippen LogP contribution in [0.4, 0.5) is 0 Å². The molecule has 124 valence electrons. The fourth-order valence-corrected chi connectivity index (χ4v) is 2.27. The molecule has 0 saturated heterocycles. The molecule has 5 heteroatoms. The predicted molar refractivity (Wildman–Crippen MR) is 95.1 cm³/mol. The fraction of sp³-hybridized carbons (Fsp3) is 0.278. The van der Waals surface area contributed by atoms with Gasteiger partial charge in [-0.1, -0.05) is 24.3 Å². The quantitative estimate of drug-likeness (QED) is 0.911. The summed E-state index contributed by atoms with van der Waals surface area (Å²) in [6, 6.07) is 15.2. The number of hydrogen-bond acceptors (Lipinski definition) is 3. The lowest BCUT2D eigenvalue weighted by atomic mass is 10.1. The lowest BCUT2D eigenvalue weighted by Gasteiger charge is -2.25. The SMILES string of the molecule is COc1ccc(C(C)N(C)C(=O)c2ccc(CN)cc2)cc1.Cl. The molecule has 0 heterocycles. The van der Waals surface area contributed by atoms with Crippen LogP contribution < -0.4 is 10.5 Å². The van der Waals surface area contributed by atoms with Crippen LogP contribution in [0, 0.1) is 0 Å². The zero-order valence-electron chi connectivity index (χ0n) is 13.7. The molecule has 2 aromatic rings. The highest BCUT2D eigenvalue weighted by atomic mass is 35.5. The van der Waals surface area contributed by atoms with Gasteiger partial charge in [0.25, 0.3) is 5.91 Å². The number of benzene rings is 2. The van der Waals surface area contributed by atoms with Crippen LogP contribution in [0.1, 0.15) is 34.5 Å². The first-order chi connectivity index (χ1) is 10.6. The molecule has 2 aromatic carbocycles. The van der Waals surface area contributed by atoms with E-state index in [-0.39, 0.29) is 24.4 Å². The largest absolute Gasteiger partial charge is 0.497 e. The highest BCUT2D eigenvalue weighted by molar-refractivity contribution is 5.94. The molecule has 0 radical (unpaired) electrons. The van der Waals surface area contributed by atoms with Crippen molar-refractivity contribution >= 4 is 18.3 Å². The first-order valence-electron chi connectivity index (χ1n) is 7.27. The average molecular weight is 335 g/mol. The van der Waals surface area contributed by atoms with Gasteiger partial charge in [-0.2, -0.15) is 0 Å². The Morgan fingerprint density at radius 2 is 1.70 bits per heavy atom. The summed E-state index contributed by atoms with van der Waals surface area (Å²) in [7, 11) is 3.45. The molecular weight excluding hydrogens is 312 g/mol. The summed E-state index contributed by atoms with van der Waals surface area (Å²) in [6.45, 7) is 2.49. The van der Waals surface area contributed by atoms with Crippen molar-refractivity contribution in [1.82, 2.24) is 4.90 Å². The highest BCUT2D eigenvalue weighted by Crippen LogP contribution is 2.23. The number of nitrogens with zero attached hydrogens (tertiary/aromatic N) is 1. The Hall–Kier alpha value is -2.04. The molecule has 0 aliphatic carbocycles. The van der Waals surface area contributed by atoms with E-state index in [1.54, 1.807) is 12.0 Å². The van der Waals surface area contributed by atoms with Gasteiger partial charge in [-0.15, -0.1) is 12.4 Å². The average Bonchev–Trinajstić information content (AvgIpc) is 2.60. The molecule has 2 rings (SSSR count). The van der Waals surface area contributed by atoms with Gasteiger partial charge in [0.05, 0.1) is 13.2 Å². The Labute approximate surface area is 143 Å². The maximum atomic E-state index is 12.6. The second-order valence-electron chi connectivity index (χ2n) is 5.27. The summed E-state index contributed by atoms with van der Waals surface area (Å²) < 4.78 is 5.16. The van der Waals surface area contributed by atoms with Gasteiger partial charge < -0.3 is 15.4 Å². The lowest BCUT2D eigenvalue weighted by molar-refractivity contribution is 0.0742. The normalized spacial score (nSPS) is 11.3. The maximum Gasteiger partial charge on any atom is 0.254 e. The van der Waals surface area contributed by atoms with E-state index < -0.39 is 0 Å². The highest BCUT2D eigenvalue weighted by Gasteiger charge is 2.18. The zero-order chi connectivity index (χ0) is 16.1. The molecule has 0 spiro atoms. The van der Waals surface area contributed by atoms with Crippen molar-refractivity contribution in [3.63, 3.8) is 0 Å². The van der Waals surface area contributed by atoms with Gasteiger partial charge in [-0.05, 0) is 42.3 Å². The minimum atomic E-state index is -0.0207. The number of ether oxygens (including phenoxy) is 1. The number of carbonyl (C=O) groups is 1. The molecular formula is C18H23ClN2O2. The molecule has 1 amide bonds. The van der Waals surface area contributed by atoms with Crippen LogP contribution in [0.25, 0.3) is 0 Å². The van der Waals surface area contributed by atoms with Crippen molar-refractivity contribution < 1.29 is 9.53 Å². The smallest absolute Gasteiger partial charge is 0.254 e. The van der Waals surface area contributed by atoms with Crippen molar-refractivity contribution in [2.24, 2.45) is 5.73 Å². The van der Waals surface area contributed by atoms with Gasteiger partial charge in [-0.25, -0.2) is 0 Å². The molecule has 2 N–H and O–H groups in total. The summed E-state index contributed by atoms with van der Waals surface area (Å²) >= 11 is 0. The third-order valence-corrected chi connectivity index (χ3v) is 3.94. The van der Waals surface area contributed by atoms with Crippen LogP contribution in [-0.4, -0.2) is 25.0 Å². The molecule has 1 atom stereocenters. The van der Waals surface area contributed by atoms with Crippen LogP contribution in [0.3, 0.4) is 0 Å². The molecule has 23 heavy (non-hydrogen) atoms. The van der Waals surface area contributed by atoms with Crippen molar-refractivity contribution in [2.75, 3.05) is 14.2 Å². The van der Waals surface area contributed by atoms with Crippen molar-refractivity contribution in [3.8, 4) is 5.75 Å². The van der Waals surface area contributed by atoms with Crippen molar-refractivity contribution in [2.45, 2.75) is 19.5 Å². The van der Waals surface area contributed by atoms with E-state index in [4.69, 9.17) is 10.5 Å². The first kappa shape index (κ1) is 19.0. The Kier molecular flexibility index (Phi) is 7.07. The summed E-state index contributed by atoms with van der Waals surface area (Å²) in [6.07, 6.45) is 0. The minimum absolute atomic E-state index is 0. The molecule has 0 saturated carbocycles. The second kappa shape index (κ2) is 8.56. The Morgan fingerprint density at radius 3 is 2.17 bits per heavy atom. The van der Waals surface area contributed by atoms with Gasteiger partial charge in [0.1, 0.15) is 5.75 Å². The molecule has 4 nitrogen and oxygen atoms in total. The zero-order valence-corrected chi connectivity index (χ0v) is 14.5. The number of amides is 1. The van der Waals surface area contributed by atoms with Gasteiger partial charge in [0.15, 0.2) is 0 Å². The fourth-order valence-electron chi connectivity index (χ4n) is 2.27. The monoisotopic (exact) mass is 334 g/mol. The molecule has 0 aliphatic heterocycles. The van der Waals surface area contributed by atoms with Crippen LogP contribution >= 0.6 is 12.4 Å². The summed E-state index contributed by atoms with van der Waals surface area (Å²) in [5.74, 6) is 0.800. The molecule has 0 fully saturated rings. The third-order valence-electron chi connectivity index (χ3n) is 3.94. The molecule has 1 unspecified atom stereocenters. The first-order valence-corrected chi connectivity index (χ1v) is 7.27. The summed E-state index contributed by atoms with van der Waals surface area (Å²) in [4.78, 5) is 14.3. The van der Waals surface area contributed by atoms with E-state index in [0.29, 0.717) is 12.1 Å². The minimum Gasteiger partial charge on any atom is -0.497 e.